The van der Waals surface area contributed by atoms with Crippen LogP contribution in [0.5, 0.6) is 0 Å². The van der Waals surface area contributed by atoms with E-state index in [0.717, 1.165) is 0 Å². The van der Waals surface area contributed by atoms with Crippen LogP contribution in [0.15, 0.2) is 113 Å². The smallest absolute Gasteiger partial charge is 0.360 e. The fourth-order valence-electron chi connectivity index (χ4n) is 5.68. The van der Waals surface area contributed by atoms with E-state index in [-0.39, 0.29) is 36.0 Å². The molecular weight excluding hydrogens is 732 g/mol. The number of carbonyl (C=O) groups excluding carboxylic acids is 2. The highest BCUT2D eigenvalue weighted by atomic mass is 16.6. The molecule has 0 amide bonds. The largest absolute Gasteiger partial charge is 0.457 e. The van der Waals surface area contributed by atoms with Gasteiger partial charge in [0.25, 0.3) is 0 Å². The van der Waals surface area contributed by atoms with Gasteiger partial charge in [0.2, 0.25) is 5.89 Å². The fourth-order valence-corrected chi connectivity index (χ4v) is 5.68. The Morgan fingerprint density at radius 3 is 1.89 bits per heavy atom. The standard InChI is InChI=1S/C44H58N2O11/c1-9-19-35(48)43(3,4)37-24-15-13-11-12-14-21-30(52-7)27-40-46-32(29-55-40)42(51)57-38(44(5,6)36(49)20-10-2)25-18-23-34(53-8)33(47)22-16-17-26-39-45-31(28-54-39)41(50)56-37/h9-23,26,28-30,33-38,47-49H,24-25,27H2,1-8H3/t30-,33-,34+,35-,36-,37+,38-/m0/s1. The van der Waals surface area contributed by atoms with Crippen molar-refractivity contribution in [1.82, 2.24) is 9.97 Å². The molecule has 0 radical (unpaired) electrons. The second-order valence-electron chi connectivity index (χ2n) is 14.6. The minimum absolute atomic E-state index is 0.0337. The molecule has 1 aliphatic rings. The van der Waals surface area contributed by atoms with Crippen LogP contribution >= 0.6 is 0 Å². The number of hydrogen-bond donors (Lipinski definition) is 3. The summed E-state index contributed by atoms with van der Waals surface area (Å²) in [5.74, 6) is -1.04. The van der Waals surface area contributed by atoms with Crippen molar-refractivity contribution in [2.24, 2.45) is 10.8 Å². The summed E-state index contributed by atoms with van der Waals surface area (Å²) in [6.07, 6.45) is 24.6. The lowest BCUT2D eigenvalue weighted by Crippen LogP contribution is -2.42. The fraction of sp³-hybridized carbons (Fsp3) is 0.455. The van der Waals surface area contributed by atoms with Gasteiger partial charge in [-0.3, -0.25) is 0 Å². The maximum Gasteiger partial charge on any atom is 0.360 e. The van der Waals surface area contributed by atoms with Gasteiger partial charge in [-0.15, -0.1) is 0 Å². The predicted molar refractivity (Wildman–Crippen MR) is 216 cm³/mol. The number of ether oxygens (including phenoxy) is 4. The van der Waals surface area contributed by atoms with Gasteiger partial charge in [-0.05, 0) is 13.8 Å². The van der Waals surface area contributed by atoms with E-state index in [1.807, 2.05) is 26.0 Å². The zero-order valence-corrected chi connectivity index (χ0v) is 34.1. The van der Waals surface area contributed by atoms with Crippen LogP contribution in [0.3, 0.4) is 0 Å². The van der Waals surface area contributed by atoms with Crippen LogP contribution in [0.25, 0.3) is 6.08 Å². The molecule has 0 aromatic carbocycles. The van der Waals surface area contributed by atoms with Gasteiger partial charge in [-0.25, -0.2) is 19.6 Å². The van der Waals surface area contributed by atoms with Crippen LogP contribution in [-0.2, 0) is 25.4 Å². The highest BCUT2D eigenvalue weighted by Gasteiger charge is 2.39. The first-order valence-corrected chi connectivity index (χ1v) is 18.9. The lowest BCUT2D eigenvalue weighted by atomic mass is 9.79. The highest BCUT2D eigenvalue weighted by molar-refractivity contribution is 5.87. The van der Waals surface area contributed by atoms with Gasteiger partial charge in [0.15, 0.2) is 17.3 Å². The Hall–Kier alpha value is -4.92. The third-order valence-corrected chi connectivity index (χ3v) is 9.69. The van der Waals surface area contributed by atoms with E-state index >= 15 is 0 Å². The van der Waals surface area contributed by atoms with Crippen molar-refractivity contribution in [1.29, 1.82) is 0 Å². The van der Waals surface area contributed by atoms with Crippen molar-refractivity contribution >= 4 is 18.0 Å². The first-order chi connectivity index (χ1) is 27.2. The van der Waals surface area contributed by atoms with Crippen LogP contribution in [0.4, 0.5) is 0 Å². The van der Waals surface area contributed by atoms with E-state index in [1.54, 1.807) is 108 Å². The topological polar surface area (TPSA) is 184 Å². The summed E-state index contributed by atoms with van der Waals surface area (Å²) in [5.41, 5.74) is -1.87. The maximum absolute atomic E-state index is 13.4. The van der Waals surface area contributed by atoms with Gasteiger partial charge in [-0.2, -0.15) is 0 Å². The van der Waals surface area contributed by atoms with E-state index in [9.17, 15) is 24.9 Å². The molecule has 1 aliphatic heterocycles. The summed E-state index contributed by atoms with van der Waals surface area (Å²) < 4.78 is 34.0. The minimum atomic E-state index is -1.07. The molecule has 310 valence electrons. The Labute approximate surface area is 335 Å². The molecule has 57 heavy (non-hydrogen) atoms. The quantitative estimate of drug-likeness (QED) is 0.186. The molecule has 13 nitrogen and oxygen atoms in total. The third kappa shape index (κ3) is 13.9. The zero-order valence-electron chi connectivity index (χ0n) is 34.1. The lowest BCUT2D eigenvalue weighted by Gasteiger charge is -2.36. The number of aromatic nitrogens is 2. The minimum Gasteiger partial charge on any atom is -0.457 e. The van der Waals surface area contributed by atoms with Crippen LogP contribution < -0.4 is 0 Å². The molecule has 0 saturated carbocycles. The Balaban J connectivity index is 1.96. The number of oxazole rings is 2. The number of rotatable bonds is 8. The average molecular weight is 791 g/mol. The van der Waals surface area contributed by atoms with Crippen LogP contribution in [0.1, 0.15) is 87.1 Å². The van der Waals surface area contributed by atoms with Gasteiger partial charge < -0.3 is 43.1 Å². The van der Waals surface area contributed by atoms with E-state index in [0.29, 0.717) is 6.42 Å². The molecule has 4 bridgehead atoms. The predicted octanol–water partition coefficient (Wildman–Crippen LogP) is 6.86. The first-order valence-electron chi connectivity index (χ1n) is 18.9. The molecule has 0 aliphatic carbocycles. The Morgan fingerprint density at radius 1 is 0.737 bits per heavy atom. The summed E-state index contributed by atoms with van der Waals surface area (Å²) in [4.78, 5) is 35.2. The Morgan fingerprint density at radius 2 is 1.30 bits per heavy atom. The second kappa shape index (κ2) is 22.7. The number of methoxy groups -OCH3 is 2. The number of allylic oxidation sites excluding steroid dienone is 8. The number of nitrogens with zero attached hydrogens (tertiary/aromatic N) is 2. The molecule has 0 unspecified atom stereocenters. The monoisotopic (exact) mass is 790 g/mol. The molecule has 7 atom stereocenters. The molecule has 3 heterocycles. The number of fused-ring (bicyclic) bond motifs is 4. The van der Waals surface area contributed by atoms with Crippen molar-refractivity contribution in [3.8, 4) is 0 Å². The molecule has 0 spiro atoms. The van der Waals surface area contributed by atoms with Gasteiger partial charge >= 0.3 is 11.9 Å². The number of hydrogen-bond acceptors (Lipinski definition) is 13. The molecular formula is C44H58N2O11. The molecule has 3 N–H and O–H groups in total. The van der Waals surface area contributed by atoms with Crippen molar-refractivity contribution in [2.75, 3.05) is 14.2 Å². The number of cyclic esters (lactones) is 2. The number of aliphatic hydroxyl groups excluding tert-OH is 3. The van der Waals surface area contributed by atoms with Gasteiger partial charge in [0, 0.05) is 44.0 Å². The Kier molecular flexibility index (Phi) is 18.5. The lowest BCUT2D eigenvalue weighted by molar-refractivity contribution is -0.0462. The zero-order chi connectivity index (χ0) is 42.0. The van der Waals surface area contributed by atoms with Crippen LogP contribution in [-0.4, -0.2) is 94.2 Å². The van der Waals surface area contributed by atoms with Crippen LogP contribution in [0, 0.1) is 10.8 Å². The van der Waals surface area contributed by atoms with Crippen molar-refractivity contribution in [2.45, 2.75) is 104 Å². The summed E-state index contributed by atoms with van der Waals surface area (Å²) in [6, 6.07) is 0. The first kappa shape index (κ1) is 46.5. The number of aliphatic hydroxyl groups is 3. The average Bonchev–Trinajstić information content (AvgIpc) is 3.86. The van der Waals surface area contributed by atoms with Gasteiger partial charge in [0.05, 0.1) is 24.7 Å². The summed E-state index contributed by atoms with van der Waals surface area (Å²) in [6.45, 7) is 10.8. The van der Waals surface area contributed by atoms with E-state index in [1.165, 1.54) is 31.8 Å². The maximum atomic E-state index is 13.4. The van der Waals surface area contributed by atoms with Gasteiger partial charge in [-0.1, -0.05) is 119 Å². The Bertz CT molecular complexity index is 1810. The third-order valence-electron chi connectivity index (χ3n) is 9.69. The molecule has 0 fully saturated rings. The van der Waals surface area contributed by atoms with E-state index in [4.69, 9.17) is 27.8 Å². The number of carbonyl (C=O) groups is 2. The van der Waals surface area contributed by atoms with E-state index in [2.05, 4.69) is 9.97 Å². The molecule has 2 aromatic heterocycles. The molecule has 13 heteroatoms. The van der Waals surface area contributed by atoms with Crippen molar-refractivity contribution in [3.63, 3.8) is 0 Å². The second-order valence-corrected chi connectivity index (χ2v) is 14.6. The van der Waals surface area contributed by atoms with Crippen molar-refractivity contribution in [3.05, 3.63) is 127 Å². The van der Waals surface area contributed by atoms with Gasteiger partial charge in [0.1, 0.15) is 36.9 Å². The summed E-state index contributed by atoms with van der Waals surface area (Å²) in [7, 11) is 2.99. The highest BCUT2D eigenvalue weighted by Crippen LogP contribution is 2.33. The SMILES string of the molecule is CC=C[C@H](O)C(C)(C)[C@@H]1CC=C[C@@H](OC)[C@@H](O)C=CC=Cc2nc(co2)C(=O)O[C@@H](C(C)(C)[C@@H](O)C=CC)CC=CC=CC=C[C@H](OC)Cc2nc(co2)C(=O)O1. The summed E-state index contributed by atoms with van der Waals surface area (Å²) >= 11 is 0. The molecule has 0 saturated heterocycles. The molecule has 2 aromatic rings. The van der Waals surface area contributed by atoms with E-state index < -0.39 is 65.5 Å². The molecule has 3 rings (SSSR count). The summed E-state index contributed by atoms with van der Waals surface area (Å²) in [5, 5.41) is 32.7. The normalized spacial score (nSPS) is 23.8. The number of esters is 2. The van der Waals surface area contributed by atoms with Crippen molar-refractivity contribution < 1.29 is 52.7 Å². The van der Waals surface area contributed by atoms with Crippen LogP contribution in [0.2, 0.25) is 0 Å².